The molecule has 0 aliphatic carbocycles. The summed E-state index contributed by atoms with van der Waals surface area (Å²) in [6.07, 6.45) is 1.12. The first-order valence-corrected chi connectivity index (χ1v) is 5.27. The van der Waals surface area contributed by atoms with Crippen LogP contribution in [0.1, 0.15) is 24.2 Å². The molecule has 0 unspecified atom stereocenters. The molecule has 0 saturated carbocycles. The second-order valence-corrected chi connectivity index (χ2v) is 3.56. The molecular formula is C11H17N3O2. The Morgan fingerprint density at radius 1 is 1.38 bits per heavy atom. The van der Waals surface area contributed by atoms with Gasteiger partial charge in [-0.05, 0) is 26.3 Å². The smallest absolute Gasteiger partial charge is 0.316 e. The third kappa shape index (κ3) is 4.25. The van der Waals surface area contributed by atoms with Crippen molar-refractivity contribution in [1.29, 1.82) is 0 Å². The fourth-order valence-corrected chi connectivity index (χ4v) is 1.28. The second-order valence-electron chi connectivity index (χ2n) is 3.56. The molecule has 1 rings (SSSR count). The molecule has 0 saturated heterocycles. The van der Waals surface area contributed by atoms with Gasteiger partial charge in [-0.15, -0.1) is 0 Å². The Kier molecular flexibility index (Phi) is 4.69. The highest BCUT2D eigenvalue weighted by molar-refractivity contribution is 5.75. The summed E-state index contributed by atoms with van der Waals surface area (Å²) in [4.78, 5) is 19.2. The highest BCUT2D eigenvalue weighted by atomic mass is 16.5. The Hall–Kier alpha value is -1.65. The van der Waals surface area contributed by atoms with E-state index in [1.54, 1.807) is 7.05 Å². The third-order valence-electron chi connectivity index (χ3n) is 2.02. The SMILES string of the molecule is CNC(=O)CCCOc1nc(C)cc(C)n1. The molecule has 1 aromatic heterocycles. The molecule has 88 valence electrons. The van der Waals surface area contributed by atoms with Gasteiger partial charge in [-0.3, -0.25) is 4.79 Å². The van der Waals surface area contributed by atoms with Crippen molar-refractivity contribution in [3.63, 3.8) is 0 Å². The van der Waals surface area contributed by atoms with Gasteiger partial charge in [0, 0.05) is 24.9 Å². The maximum Gasteiger partial charge on any atom is 0.316 e. The van der Waals surface area contributed by atoms with Crippen LogP contribution >= 0.6 is 0 Å². The summed E-state index contributed by atoms with van der Waals surface area (Å²) in [6, 6.07) is 2.27. The largest absolute Gasteiger partial charge is 0.463 e. The van der Waals surface area contributed by atoms with Gasteiger partial charge in [0.1, 0.15) is 0 Å². The summed E-state index contributed by atoms with van der Waals surface area (Å²) < 4.78 is 5.36. The fourth-order valence-electron chi connectivity index (χ4n) is 1.28. The molecule has 0 bridgehead atoms. The van der Waals surface area contributed by atoms with Crippen molar-refractivity contribution in [2.45, 2.75) is 26.7 Å². The van der Waals surface area contributed by atoms with Crippen LogP contribution in [-0.4, -0.2) is 29.5 Å². The average Bonchev–Trinajstić information content (AvgIpc) is 2.22. The molecule has 0 atom stereocenters. The van der Waals surface area contributed by atoms with Crippen LogP contribution in [0.15, 0.2) is 6.07 Å². The first-order valence-electron chi connectivity index (χ1n) is 5.27. The zero-order valence-corrected chi connectivity index (χ0v) is 9.91. The predicted molar refractivity (Wildman–Crippen MR) is 60.3 cm³/mol. The molecule has 16 heavy (non-hydrogen) atoms. The van der Waals surface area contributed by atoms with Crippen LogP contribution in [-0.2, 0) is 4.79 Å². The maximum atomic E-state index is 10.9. The highest BCUT2D eigenvalue weighted by Gasteiger charge is 2.01. The van der Waals surface area contributed by atoms with E-state index in [0.717, 1.165) is 11.4 Å². The number of aromatic nitrogens is 2. The van der Waals surface area contributed by atoms with Crippen molar-refractivity contribution >= 4 is 5.91 Å². The molecule has 0 aromatic carbocycles. The van der Waals surface area contributed by atoms with E-state index in [2.05, 4.69) is 15.3 Å². The molecule has 1 amide bonds. The van der Waals surface area contributed by atoms with E-state index >= 15 is 0 Å². The van der Waals surface area contributed by atoms with Gasteiger partial charge >= 0.3 is 6.01 Å². The molecule has 0 aliphatic rings. The number of amides is 1. The molecule has 0 radical (unpaired) electrons. The van der Waals surface area contributed by atoms with E-state index in [1.807, 2.05) is 19.9 Å². The number of nitrogens with one attached hydrogen (secondary N) is 1. The number of rotatable bonds is 5. The second kappa shape index (κ2) is 6.05. The van der Waals surface area contributed by atoms with Gasteiger partial charge in [0.2, 0.25) is 5.91 Å². The Morgan fingerprint density at radius 2 is 2.00 bits per heavy atom. The summed E-state index contributed by atoms with van der Waals surface area (Å²) in [5, 5.41) is 2.56. The Bertz CT molecular complexity index is 346. The number of ether oxygens (including phenoxy) is 1. The molecule has 0 spiro atoms. The zero-order valence-electron chi connectivity index (χ0n) is 9.91. The van der Waals surface area contributed by atoms with E-state index < -0.39 is 0 Å². The molecule has 1 N–H and O–H groups in total. The molecule has 1 heterocycles. The van der Waals surface area contributed by atoms with Crippen LogP contribution in [0.2, 0.25) is 0 Å². The summed E-state index contributed by atoms with van der Waals surface area (Å²) in [6.45, 7) is 4.24. The van der Waals surface area contributed by atoms with E-state index in [9.17, 15) is 4.79 Å². The number of nitrogens with zero attached hydrogens (tertiary/aromatic N) is 2. The van der Waals surface area contributed by atoms with E-state index in [0.29, 0.717) is 25.5 Å². The predicted octanol–water partition coefficient (Wildman–Crippen LogP) is 0.998. The lowest BCUT2D eigenvalue weighted by Gasteiger charge is -2.05. The Balaban J connectivity index is 2.34. The summed E-state index contributed by atoms with van der Waals surface area (Å²) in [5.74, 6) is 0.0185. The molecule has 5 nitrogen and oxygen atoms in total. The summed E-state index contributed by atoms with van der Waals surface area (Å²) >= 11 is 0. The lowest BCUT2D eigenvalue weighted by atomic mass is 10.3. The molecular weight excluding hydrogens is 206 g/mol. The maximum absolute atomic E-state index is 10.9. The van der Waals surface area contributed by atoms with Crippen LogP contribution in [0.25, 0.3) is 0 Å². The first-order chi connectivity index (χ1) is 7.61. The molecule has 1 aromatic rings. The van der Waals surface area contributed by atoms with E-state index in [1.165, 1.54) is 0 Å². The van der Waals surface area contributed by atoms with Gasteiger partial charge in [-0.25, -0.2) is 9.97 Å². The van der Waals surface area contributed by atoms with Gasteiger partial charge in [-0.2, -0.15) is 0 Å². The average molecular weight is 223 g/mol. The number of carbonyl (C=O) groups is 1. The minimum atomic E-state index is 0.0185. The summed E-state index contributed by atoms with van der Waals surface area (Å²) in [5.41, 5.74) is 1.77. The van der Waals surface area contributed by atoms with Crippen molar-refractivity contribution in [2.75, 3.05) is 13.7 Å². The van der Waals surface area contributed by atoms with Gasteiger partial charge < -0.3 is 10.1 Å². The van der Waals surface area contributed by atoms with Crippen molar-refractivity contribution in [2.24, 2.45) is 0 Å². The minimum absolute atomic E-state index is 0.0185. The number of hydrogen-bond acceptors (Lipinski definition) is 4. The van der Waals surface area contributed by atoms with Crippen molar-refractivity contribution in [3.8, 4) is 6.01 Å². The van der Waals surface area contributed by atoms with Gasteiger partial charge in [0.25, 0.3) is 0 Å². The van der Waals surface area contributed by atoms with Crippen LogP contribution in [0, 0.1) is 13.8 Å². The zero-order chi connectivity index (χ0) is 12.0. The van der Waals surface area contributed by atoms with Gasteiger partial charge in [-0.1, -0.05) is 0 Å². The summed E-state index contributed by atoms with van der Waals surface area (Å²) in [7, 11) is 1.62. The molecule has 5 heteroatoms. The van der Waals surface area contributed by atoms with Gasteiger partial charge in [0.15, 0.2) is 0 Å². The number of hydrogen-bond donors (Lipinski definition) is 1. The normalized spacial score (nSPS) is 9.94. The monoisotopic (exact) mass is 223 g/mol. The quantitative estimate of drug-likeness (QED) is 0.756. The minimum Gasteiger partial charge on any atom is -0.463 e. The number of aryl methyl sites for hydroxylation is 2. The third-order valence-corrected chi connectivity index (χ3v) is 2.02. The fraction of sp³-hybridized carbons (Fsp3) is 0.545. The van der Waals surface area contributed by atoms with E-state index in [-0.39, 0.29) is 5.91 Å². The number of carbonyl (C=O) groups excluding carboxylic acids is 1. The van der Waals surface area contributed by atoms with Crippen LogP contribution in [0.4, 0.5) is 0 Å². The van der Waals surface area contributed by atoms with Crippen molar-refractivity contribution in [1.82, 2.24) is 15.3 Å². The molecule has 0 aliphatic heterocycles. The van der Waals surface area contributed by atoms with Crippen molar-refractivity contribution in [3.05, 3.63) is 17.5 Å². The first kappa shape index (κ1) is 12.4. The molecule has 0 fully saturated rings. The van der Waals surface area contributed by atoms with Gasteiger partial charge in [0.05, 0.1) is 6.61 Å². The Labute approximate surface area is 95.3 Å². The lowest BCUT2D eigenvalue weighted by molar-refractivity contribution is -0.120. The Morgan fingerprint density at radius 3 is 2.56 bits per heavy atom. The van der Waals surface area contributed by atoms with Crippen LogP contribution in [0.3, 0.4) is 0 Å². The standard InChI is InChI=1S/C11H17N3O2/c1-8-7-9(2)14-11(13-8)16-6-4-5-10(15)12-3/h7H,4-6H2,1-3H3,(H,12,15). The van der Waals surface area contributed by atoms with Crippen LogP contribution in [0.5, 0.6) is 6.01 Å². The topological polar surface area (TPSA) is 64.1 Å². The highest BCUT2D eigenvalue weighted by Crippen LogP contribution is 2.06. The van der Waals surface area contributed by atoms with Crippen molar-refractivity contribution < 1.29 is 9.53 Å². The van der Waals surface area contributed by atoms with Crippen LogP contribution < -0.4 is 10.1 Å². The lowest BCUT2D eigenvalue weighted by Crippen LogP contribution is -2.18. The van der Waals surface area contributed by atoms with E-state index in [4.69, 9.17) is 4.74 Å².